The molecule has 1 aliphatic rings. The number of hydrogen-bond donors (Lipinski definition) is 2. The van der Waals surface area contributed by atoms with Gasteiger partial charge >= 0.3 is 0 Å². The molecular weight excluding hydrogens is 378 g/mol. The van der Waals surface area contributed by atoms with Crippen molar-refractivity contribution in [2.75, 3.05) is 53.4 Å². The van der Waals surface area contributed by atoms with Gasteiger partial charge in [-0.15, -0.1) is 0 Å². The molecule has 2 N–H and O–H groups in total. The van der Waals surface area contributed by atoms with E-state index in [4.69, 9.17) is 12.2 Å². The molecule has 0 saturated carbocycles. The molecule has 0 aromatic heterocycles. The maximum atomic E-state index is 12.8. The van der Waals surface area contributed by atoms with Crippen LogP contribution in [0.25, 0.3) is 0 Å². The van der Waals surface area contributed by atoms with Gasteiger partial charge in [0.05, 0.1) is 32.1 Å². The van der Waals surface area contributed by atoms with Crippen molar-refractivity contribution in [2.45, 2.75) is 4.90 Å². The summed E-state index contributed by atoms with van der Waals surface area (Å²) in [4.78, 5) is 13.4. The summed E-state index contributed by atoms with van der Waals surface area (Å²) in [6.45, 7) is 3.02. The summed E-state index contributed by atoms with van der Waals surface area (Å²) in [6, 6.07) is 5.42. The zero-order valence-electron chi connectivity index (χ0n) is 14.8. The maximum Gasteiger partial charge on any atom is 0.289 e. The van der Waals surface area contributed by atoms with Crippen molar-refractivity contribution >= 4 is 33.0 Å². The first-order valence-electron chi connectivity index (χ1n) is 8.29. The highest BCUT2D eigenvalue weighted by molar-refractivity contribution is 7.89. The second kappa shape index (κ2) is 8.71. The maximum absolute atomic E-state index is 12.8. The van der Waals surface area contributed by atoms with E-state index in [1.807, 2.05) is 4.90 Å². The summed E-state index contributed by atoms with van der Waals surface area (Å²) in [7, 11) is 0.188. The highest BCUT2D eigenvalue weighted by Gasteiger charge is 2.33. The molecule has 1 fully saturated rings. The Labute approximate surface area is 158 Å². The van der Waals surface area contributed by atoms with Crippen molar-refractivity contribution in [3.63, 3.8) is 0 Å². The molecule has 1 aliphatic heterocycles. The van der Waals surface area contributed by atoms with Crippen LogP contribution in [0.4, 0.5) is 5.69 Å². The van der Waals surface area contributed by atoms with E-state index in [0.29, 0.717) is 18.2 Å². The van der Waals surface area contributed by atoms with Gasteiger partial charge in [0.1, 0.15) is 0 Å². The van der Waals surface area contributed by atoms with Crippen LogP contribution < -0.4 is 10.2 Å². The van der Waals surface area contributed by atoms with E-state index >= 15 is 0 Å². The topological polar surface area (TPSA) is 100 Å². The van der Waals surface area contributed by atoms with Crippen LogP contribution in [0.3, 0.4) is 0 Å². The Hall–Kier alpha value is -1.82. The zero-order chi connectivity index (χ0) is 19.3. The number of quaternary nitrogens is 1. The number of para-hydroxylation sites is 1. The number of nitro groups is 1. The van der Waals surface area contributed by atoms with E-state index in [9.17, 15) is 18.5 Å². The number of benzene rings is 1. The number of rotatable bonds is 6. The van der Waals surface area contributed by atoms with Gasteiger partial charge in [0, 0.05) is 32.2 Å². The van der Waals surface area contributed by atoms with Crippen molar-refractivity contribution in [3.8, 4) is 0 Å². The van der Waals surface area contributed by atoms with Gasteiger partial charge in [0.15, 0.2) is 10.0 Å². The van der Waals surface area contributed by atoms with Gasteiger partial charge in [-0.1, -0.05) is 12.1 Å². The van der Waals surface area contributed by atoms with E-state index in [2.05, 4.69) is 19.4 Å². The lowest BCUT2D eigenvalue weighted by atomic mass is 10.3. The number of sulfonamides is 1. The van der Waals surface area contributed by atoms with Crippen LogP contribution in [0.5, 0.6) is 0 Å². The van der Waals surface area contributed by atoms with Gasteiger partial charge in [-0.3, -0.25) is 10.1 Å². The minimum absolute atomic E-state index is 0.231. The SMILES string of the molecule is C[NH+](C)CCNC(=S)N1CCN(S(=O)(=O)c2ccccc2[N+](=O)[O-])CC1. The van der Waals surface area contributed by atoms with E-state index in [-0.39, 0.29) is 18.0 Å². The number of likely N-dealkylation sites (N-methyl/N-ethyl adjacent to an activating group) is 1. The average Bonchev–Trinajstić information content (AvgIpc) is 2.61. The lowest BCUT2D eigenvalue weighted by Crippen LogP contribution is -3.06. The van der Waals surface area contributed by atoms with Gasteiger partial charge in [-0.2, -0.15) is 4.31 Å². The molecule has 0 spiro atoms. The van der Waals surface area contributed by atoms with Crippen LogP contribution >= 0.6 is 12.2 Å². The number of nitrogens with zero attached hydrogens (tertiary/aromatic N) is 3. The fourth-order valence-corrected chi connectivity index (χ4v) is 4.49. The molecule has 0 amide bonds. The van der Waals surface area contributed by atoms with E-state index in [0.717, 1.165) is 13.1 Å². The van der Waals surface area contributed by atoms with Crippen molar-refractivity contribution < 1.29 is 18.2 Å². The van der Waals surface area contributed by atoms with Crippen molar-refractivity contribution in [1.82, 2.24) is 14.5 Å². The van der Waals surface area contributed by atoms with E-state index in [1.54, 1.807) is 0 Å². The molecule has 1 heterocycles. The van der Waals surface area contributed by atoms with Crippen LogP contribution in [0, 0.1) is 10.1 Å². The van der Waals surface area contributed by atoms with Gasteiger partial charge in [0.2, 0.25) is 10.0 Å². The Morgan fingerprint density at radius 2 is 1.88 bits per heavy atom. The third kappa shape index (κ3) is 4.87. The molecule has 144 valence electrons. The highest BCUT2D eigenvalue weighted by atomic mass is 32.2. The Morgan fingerprint density at radius 3 is 2.46 bits per heavy atom. The fourth-order valence-electron chi connectivity index (χ4n) is 2.63. The van der Waals surface area contributed by atoms with Crippen LogP contribution in [-0.4, -0.2) is 81.0 Å². The second-order valence-corrected chi connectivity index (χ2v) is 8.60. The normalized spacial score (nSPS) is 15.9. The minimum atomic E-state index is -3.92. The summed E-state index contributed by atoms with van der Waals surface area (Å²) >= 11 is 5.35. The van der Waals surface area contributed by atoms with E-state index < -0.39 is 20.6 Å². The first kappa shape index (κ1) is 20.5. The molecule has 0 unspecified atom stereocenters. The Balaban J connectivity index is 2.01. The third-order valence-corrected chi connectivity index (χ3v) is 6.46. The Morgan fingerprint density at radius 1 is 1.27 bits per heavy atom. The first-order chi connectivity index (χ1) is 12.2. The lowest BCUT2D eigenvalue weighted by Gasteiger charge is -2.35. The van der Waals surface area contributed by atoms with E-state index in [1.165, 1.54) is 33.5 Å². The van der Waals surface area contributed by atoms with Crippen LogP contribution in [-0.2, 0) is 10.0 Å². The number of thiocarbonyl (C=S) groups is 1. The quantitative estimate of drug-likeness (QED) is 0.355. The largest absolute Gasteiger partial charge is 0.357 e. The summed E-state index contributed by atoms with van der Waals surface area (Å²) in [5, 5.41) is 14.9. The molecule has 2 rings (SSSR count). The van der Waals surface area contributed by atoms with Gasteiger partial charge in [-0.25, -0.2) is 8.42 Å². The predicted molar refractivity (Wildman–Crippen MR) is 102 cm³/mol. The summed E-state index contributed by atoms with van der Waals surface area (Å²) < 4.78 is 26.9. The number of nitro benzene ring substituents is 1. The molecule has 9 nitrogen and oxygen atoms in total. The second-order valence-electron chi connectivity index (χ2n) is 6.31. The van der Waals surface area contributed by atoms with Crippen LogP contribution in [0.1, 0.15) is 0 Å². The monoisotopic (exact) mass is 402 g/mol. The Kier molecular flexibility index (Phi) is 6.87. The molecule has 0 radical (unpaired) electrons. The Bertz CT molecular complexity index is 761. The third-order valence-electron chi connectivity index (χ3n) is 4.11. The number of hydrogen-bond acceptors (Lipinski definition) is 5. The molecular formula is C15H24N5O4S2+. The van der Waals surface area contributed by atoms with Crippen LogP contribution in [0.15, 0.2) is 29.2 Å². The summed E-state index contributed by atoms with van der Waals surface area (Å²) in [5.41, 5.74) is -0.404. The standard InChI is InChI=1S/C15H23N5O4S2/c1-17(2)8-7-16-15(25)18-9-11-19(12-10-18)26(23,24)14-6-4-3-5-13(14)20(21)22/h3-6H,7-12H2,1-2H3,(H,16,25)/p+1. The van der Waals surface area contributed by atoms with Gasteiger partial charge in [-0.05, 0) is 18.3 Å². The fraction of sp³-hybridized carbons (Fsp3) is 0.533. The molecule has 0 atom stereocenters. The van der Waals surface area contributed by atoms with Crippen LogP contribution in [0.2, 0.25) is 0 Å². The highest BCUT2D eigenvalue weighted by Crippen LogP contribution is 2.26. The van der Waals surface area contributed by atoms with Gasteiger partial charge in [0.25, 0.3) is 5.69 Å². The minimum Gasteiger partial charge on any atom is -0.357 e. The summed E-state index contributed by atoms with van der Waals surface area (Å²) in [5.74, 6) is 0. The summed E-state index contributed by atoms with van der Waals surface area (Å²) in [6.07, 6.45) is 0. The molecule has 0 aliphatic carbocycles. The number of nitrogens with one attached hydrogen (secondary N) is 2. The molecule has 1 saturated heterocycles. The average molecular weight is 403 g/mol. The van der Waals surface area contributed by atoms with Crippen molar-refractivity contribution in [2.24, 2.45) is 0 Å². The molecule has 1 aromatic carbocycles. The van der Waals surface area contributed by atoms with Gasteiger partial charge < -0.3 is 15.1 Å². The lowest BCUT2D eigenvalue weighted by molar-refractivity contribution is -0.856. The first-order valence-corrected chi connectivity index (χ1v) is 10.1. The number of piperazine rings is 1. The molecule has 1 aromatic rings. The van der Waals surface area contributed by atoms with Crippen molar-refractivity contribution in [3.05, 3.63) is 34.4 Å². The smallest absolute Gasteiger partial charge is 0.289 e. The zero-order valence-corrected chi connectivity index (χ0v) is 16.5. The molecule has 0 bridgehead atoms. The molecule has 26 heavy (non-hydrogen) atoms. The molecule has 11 heteroatoms. The van der Waals surface area contributed by atoms with Crippen molar-refractivity contribution in [1.29, 1.82) is 0 Å². The predicted octanol–water partition coefficient (Wildman–Crippen LogP) is -1.08.